The average Bonchev–Trinajstić information content (AvgIpc) is 2.35. The lowest BCUT2D eigenvalue weighted by atomic mass is 10.2. The Morgan fingerprint density at radius 3 is 2.92 bits per heavy atom. The van der Waals surface area contributed by atoms with Crippen LogP contribution in [0.25, 0.3) is 0 Å². The molecule has 1 rings (SSSR count). The smallest absolute Gasteiger partial charge is 0.312 e. The first kappa shape index (κ1) is 9.32. The van der Waals surface area contributed by atoms with E-state index in [4.69, 9.17) is 0 Å². The zero-order valence-electron chi connectivity index (χ0n) is 7.16. The molecule has 3 nitrogen and oxygen atoms in total. The first-order valence-electron chi connectivity index (χ1n) is 3.83. The molecule has 0 aromatic rings. The number of carbonyl (C=O) groups excluding carboxylic acids is 1. The largest absolute Gasteiger partial charge is 0.368 e. The quantitative estimate of drug-likeness (QED) is 0.383. The van der Waals surface area contributed by atoms with Gasteiger partial charge in [0, 0.05) is 0 Å². The fourth-order valence-electron chi connectivity index (χ4n) is 0.749. The van der Waals surface area contributed by atoms with Gasteiger partial charge in [-0.25, -0.2) is 4.79 Å². The highest BCUT2D eigenvalue weighted by Gasteiger charge is 2.21. The van der Waals surface area contributed by atoms with E-state index in [1.54, 1.807) is 18.7 Å². The lowest BCUT2D eigenvalue weighted by Crippen LogP contribution is -2.01. The van der Waals surface area contributed by atoms with E-state index in [-0.39, 0.29) is 5.97 Å². The number of oxime groups is 1. The van der Waals surface area contributed by atoms with E-state index in [1.807, 2.05) is 5.41 Å². The summed E-state index contributed by atoms with van der Waals surface area (Å²) in [5.41, 5.74) is 1.26. The standard InChI is InChI=1S/C8H11NO2S/c1-3-4-12-5-7-6(2)9-11-8(7)10/h5H,3-4H2,1-2H3/b7-5-. The zero-order valence-corrected chi connectivity index (χ0v) is 7.98. The summed E-state index contributed by atoms with van der Waals surface area (Å²) in [4.78, 5) is 15.4. The van der Waals surface area contributed by atoms with Gasteiger partial charge in [-0.3, -0.25) is 0 Å². The minimum Gasteiger partial charge on any atom is -0.312 e. The van der Waals surface area contributed by atoms with Crippen molar-refractivity contribution >= 4 is 23.4 Å². The van der Waals surface area contributed by atoms with E-state index in [1.165, 1.54) is 0 Å². The highest BCUT2D eigenvalue weighted by molar-refractivity contribution is 8.02. The van der Waals surface area contributed by atoms with Crippen LogP contribution < -0.4 is 0 Å². The summed E-state index contributed by atoms with van der Waals surface area (Å²) in [5, 5.41) is 5.38. The molecule has 0 radical (unpaired) electrons. The Balaban J connectivity index is 2.54. The van der Waals surface area contributed by atoms with Crippen molar-refractivity contribution in [2.24, 2.45) is 5.16 Å². The molecule has 0 atom stereocenters. The van der Waals surface area contributed by atoms with Crippen molar-refractivity contribution in [3.63, 3.8) is 0 Å². The topological polar surface area (TPSA) is 38.7 Å². The van der Waals surface area contributed by atoms with Crippen molar-refractivity contribution in [2.45, 2.75) is 20.3 Å². The Morgan fingerprint density at radius 1 is 1.67 bits per heavy atom. The van der Waals surface area contributed by atoms with Crippen molar-refractivity contribution in [3.05, 3.63) is 11.0 Å². The molecule has 0 amide bonds. The molecule has 0 saturated carbocycles. The van der Waals surface area contributed by atoms with Crippen LogP contribution in [0, 0.1) is 0 Å². The van der Waals surface area contributed by atoms with Crippen LogP contribution in [-0.2, 0) is 9.63 Å². The van der Waals surface area contributed by atoms with E-state index in [9.17, 15) is 4.79 Å². The monoisotopic (exact) mass is 185 g/mol. The lowest BCUT2D eigenvalue weighted by Gasteiger charge is -1.92. The lowest BCUT2D eigenvalue weighted by molar-refractivity contribution is -0.136. The second kappa shape index (κ2) is 4.30. The van der Waals surface area contributed by atoms with Gasteiger partial charge in [-0.2, -0.15) is 0 Å². The predicted octanol–water partition coefficient (Wildman–Crippen LogP) is 1.95. The van der Waals surface area contributed by atoms with Gasteiger partial charge in [0.25, 0.3) is 0 Å². The van der Waals surface area contributed by atoms with Crippen LogP contribution in [0.5, 0.6) is 0 Å². The van der Waals surface area contributed by atoms with Crippen molar-refractivity contribution in [1.82, 2.24) is 0 Å². The van der Waals surface area contributed by atoms with Gasteiger partial charge in [-0.15, -0.1) is 11.8 Å². The third-order valence-electron chi connectivity index (χ3n) is 1.40. The molecule has 0 aromatic heterocycles. The fraction of sp³-hybridized carbons (Fsp3) is 0.500. The third-order valence-corrected chi connectivity index (χ3v) is 2.44. The Kier molecular flexibility index (Phi) is 3.34. The van der Waals surface area contributed by atoms with E-state index in [0.717, 1.165) is 12.2 Å². The minimum atomic E-state index is -0.337. The molecule has 0 spiro atoms. The van der Waals surface area contributed by atoms with E-state index < -0.39 is 0 Å². The van der Waals surface area contributed by atoms with Crippen LogP contribution in [0.1, 0.15) is 20.3 Å². The highest BCUT2D eigenvalue weighted by Crippen LogP contribution is 2.15. The van der Waals surface area contributed by atoms with Crippen LogP contribution in [0.4, 0.5) is 0 Å². The maximum absolute atomic E-state index is 11.0. The molecule has 0 aromatic carbocycles. The number of nitrogens with zero attached hydrogens (tertiary/aromatic N) is 1. The van der Waals surface area contributed by atoms with Crippen LogP contribution in [0.2, 0.25) is 0 Å². The number of carbonyl (C=O) groups is 1. The molecule has 0 bridgehead atoms. The highest BCUT2D eigenvalue weighted by atomic mass is 32.2. The summed E-state index contributed by atoms with van der Waals surface area (Å²) in [5.74, 6) is 0.681. The molecular formula is C8H11NO2S. The van der Waals surface area contributed by atoms with E-state index in [2.05, 4.69) is 16.9 Å². The summed E-state index contributed by atoms with van der Waals surface area (Å²) < 4.78 is 0. The molecule has 0 unspecified atom stereocenters. The zero-order chi connectivity index (χ0) is 8.97. The van der Waals surface area contributed by atoms with Crippen LogP contribution in [-0.4, -0.2) is 17.4 Å². The second-order valence-electron chi connectivity index (χ2n) is 2.46. The summed E-state index contributed by atoms with van der Waals surface area (Å²) in [6.07, 6.45) is 1.10. The maximum Gasteiger partial charge on any atom is 0.368 e. The van der Waals surface area contributed by atoms with Gasteiger partial charge in [-0.1, -0.05) is 12.1 Å². The average molecular weight is 185 g/mol. The first-order chi connectivity index (χ1) is 5.75. The van der Waals surface area contributed by atoms with Crippen LogP contribution >= 0.6 is 11.8 Å². The molecule has 4 heteroatoms. The van der Waals surface area contributed by atoms with E-state index in [0.29, 0.717) is 11.3 Å². The molecular weight excluding hydrogens is 174 g/mol. The first-order valence-corrected chi connectivity index (χ1v) is 4.88. The molecule has 1 aliphatic heterocycles. The Labute approximate surface area is 75.8 Å². The van der Waals surface area contributed by atoms with Crippen molar-refractivity contribution in [1.29, 1.82) is 0 Å². The van der Waals surface area contributed by atoms with Gasteiger partial charge in [0.1, 0.15) is 0 Å². The fourth-order valence-corrected chi connectivity index (χ4v) is 1.54. The van der Waals surface area contributed by atoms with Gasteiger partial charge in [0.05, 0.1) is 11.3 Å². The van der Waals surface area contributed by atoms with Crippen molar-refractivity contribution in [2.75, 3.05) is 5.75 Å². The predicted molar refractivity (Wildman–Crippen MR) is 50.0 cm³/mol. The summed E-state index contributed by atoms with van der Waals surface area (Å²) in [6.45, 7) is 3.86. The number of rotatable bonds is 3. The van der Waals surface area contributed by atoms with Gasteiger partial charge in [0.15, 0.2) is 0 Å². The van der Waals surface area contributed by atoms with Gasteiger partial charge < -0.3 is 4.84 Å². The third kappa shape index (κ3) is 2.11. The normalized spacial score (nSPS) is 19.7. The van der Waals surface area contributed by atoms with Crippen LogP contribution in [0.15, 0.2) is 16.1 Å². The molecule has 0 N–H and O–H groups in total. The van der Waals surface area contributed by atoms with Gasteiger partial charge in [-0.05, 0) is 24.5 Å². The Bertz CT molecular complexity index is 245. The number of hydrogen-bond donors (Lipinski definition) is 0. The molecule has 66 valence electrons. The summed E-state index contributed by atoms with van der Waals surface area (Å²) >= 11 is 1.61. The minimum absolute atomic E-state index is 0.337. The second-order valence-corrected chi connectivity index (χ2v) is 3.44. The molecule has 0 fully saturated rings. The van der Waals surface area contributed by atoms with Crippen molar-refractivity contribution in [3.8, 4) is 0 Å². The molecule has 12 heavy (non-hydrogen) atoms. The molecule has 1 heterocycles. The number of thioether (sulfide) groups is 1. The molecule has 0 aliphatic carbocycles. The number of hydrogen-bond acceptors (Lipinski definition) is 4. The summed E-state index contributed by atoms with van der Waals surface area (Å²) in [6, 6.07) is 0. The maximum atomic E-state index is 11.0. The van der Waals surface area contributed by atoms with Crippen LogP contribution in [0.3, 0.4) is 0 Å². The Hall–Kier alpha value is -0.770. The van der Waals surface area contributed by atoms with Crippen molar-refractivity contribution < 1.29 is 9.63 Å². The van der Waals surface area contributed by atoms with E-state index >= 15 is 0 Å². The van der Waals surface area contributed by atoms with Gasteiger partial charge in [0.2, 0.25) is 0 Å². The SMILES string of the molecule is CCCS/C=C1\C(=O)ON=C1C. The summed E-state index contributed by atoms with van der Waals surface area (Å²) in [7, 11) is 0. The van der Waals surface area contributed by atoms with Gasteiger partial charge >= 0.3 is 5.97 Å². The Morgan fingerprint density at radius 2 is 2.42 bits per heavy atom. The molecule has 0 saturated heterocycles. The molecule has 1 aliphatic rings.